The maximum absolute atomic E-state index is 4.04. The monoisotopic (exact) mass is 225 g/mol. The first-order chi connectivity index (χ1) is 8.22. The van der Waals surface area contributed by atoms with Crippen LogP contribution in [0, 0.1) is 0 Å². The van der Waals surface area contributed by atoms with Gasteiger partial charge in [0, 0.05) is 18.8 Å². The molecule has 1 aromatic carbocycles. The van der Waals surface area contributed by atoms with Crippen LogP contribution in [0.1, 0.15) is 12.0 Å². The number of rotatable bonds is 5. The Bertz CT molecular complexity index is 456. The number of fused-ring (bicyclic) bond motifs is 1. The first kappa shape index (κ1) is 11.7. The number of benzene rings is 1. The highest BCUT2D eigenvalue weighted by Gasteiger charge is 2.17. The number of para-hydroxylation sites is 1. The van der Waals surface area contributed by atoms with Gasteiger partial charge in [-0.05, 0) is 35.6 Å². The maximum atomic E-state index is 4.04. The summed E-state index contributed by atoms with van der Waals surface area (Å²) in [6.07, 6.45) is 3.89. The summed E-state index contributed by atoms with van der Waals surface area (Å²) in [6.45, 7) is 13.8. The topological polar surface area (TPSA) is 3.24 Å². The molecular weight excluding hydrogens is 206 g/mol. The van der Waals surface area contributed by atoms with Crippen molar-refractivity contribution in [3.05, 3.63) is 66.8 Å². The summed E-state index contributed by atoms with van der Waals surface area (Å²) in [7, 11) is 0. The summed E-state index contributed by atoms with van der Waals surface area (Å²) in [5, 5.41) is 0. The summed E-state index contributed by atoms with van der Waals surface area (Å²) in [5.74, 6) is 0. The summed E-state index contributed by atoms with van der Waals surface area (Å²) in [4.78, 5) is 2.43. The van der Waals surface area contributed by atoms with Crippen molar-refractivity contribution in [3.63, 3.8) is 0 Å². The van der Waals surface area contributed by atoms with Crippen molar-refractivity contribution >= 4 is 5.69 Å². The summed E-state index contributed by atoms with van der Waals surface area (Å²) in [6, 6.07) is 8.63. The first-order valence-corrected chi connectivity index (χ1v) is 6.04. The molecule has 0 amide bonds. The molecule has 1 nitrogen and oxygen atoms in total. The average molecular weight is 225 g/mol. The van der Waals surface area contributed by atoms with Gasteiger partial charge in [-0.1, -0.05) is 44.0 Å². The average Bonchev–Trinajstić information content (AvgIpc) is 2.78. The van der Waals surface area contributed by atoms with Crippen LogP contribution in [0.15, 0.2) is 61.2 Å². The van der Waals surface area contributed by atoms with E-state index in [1.165, 1.54) is 11.3 Å². The van der Waals surface area contributed by atoms with E-state index in [4.69, 9.17) is 0 Å². The summed E-state index contributed by atoms with van der Waals surface area (Å²) >= 11 is 0. The van der Waals surface area contributed by atoms with Crippen LogP contribution in [0.25, 0.3) is 0 Å². The van der Waals surface area contributed by atoms with Gasteiger partial charge < -0.3 is 4.90 Å². The fourth-order valence-electron chi connectivity index (χ4n) is 2.21. The van der Waals surface area contributed by atoms with Gasteiger partial charge in [-0.25, -0.2) is 0 Å². The molecule has 1 aliphatic heterocycles. The lowest BCUT2D eigenvalue weighted by molar-refractivity contribution is 0.814. The van der Waals surface area contributed by atoms with Gasteiger partial charge in [0.25, 0.3) is 0 Å². The van der Waals surface area contributed by atoms with Gasteiger partial charge in [0.2, 0.25) is 0 Å². The van der Waals surface area contributed by atoms with Crippen molar-refractivity contribution in [2.24, 2.45) is 0 Å². The molecule has 0 bridgehead atoms. The van der Waals surface area contributed by atoms with E-state index in [0.717, 1.165) is 37.1 Å². The van der Waals surface area contributed by atoms with E-state index in [-0.39, 0.29) is 0 Å². The lowest BCUT2D eigenvalue weighted by Gasteiger charge is -2.20. The molecule has 0 N–H and O–H groups in total. The quantitative estimate of drug-likeness (QED) is 0.690. The van der Waals surface area contributed by atoms with Gasteiger partial charge in [0.1, 0.15) is 0 Å². The zero-order valence-electron chi connectivity index (χ0n) is 10.3. The minimum absolute atomic E-state index is 0.956. The third-order valence-electron chi connectivity index (χ3n) is 3.37. The molecule has 0 unspecified atom stereocenters. The molecule has 17 heavy (non-hydrogen) atoms. The second kappa shape index (κ2) is 5.05. The highest BCUT2D eigenvalue weighted by molar-refractivity contribution is 5.57. The summed E-state index contributed by atoms with van der Waals surface area (Å²) < 4.78 is 0. The van der Waals surface area contributed by atoms with Gasteiger partial charge in [-0.15, -0.1) is 0 Å². The molecule has 1 heteroatoms. The molecule has 0 aliphatic carbocycles. The Labute approximate surface area is 104 Å². The van der Waals surface area contributed by atoms with Gasteiger partial charge in [-0.3, -0.25) is 0 Å². The van der Waals surface area contributed by atoms with E-state index in [2.05, 4.69) is 48.9 Å². The Morgan fingerprint density at radius 1 is 1.29 bits per heavy atom. The molecule has 0 spiro atoms. The fraction of sp³-hybridized carbons (Fsp3) is 0.250. The molecule has 0 aromatic heterocycles. The zero-order chi connectivity index (χ0) is 12.3. The van der Waals surface area contributed by atoms with Crippen LogP contribution in [-0.4, -0.2) is 13.1 Å². The largest absolute Gasteiger partial charge is 0.371 e. The van der Waals surface area contributed by atoms with Gasteiger partial charge in [0.05, 0.1) is 0 Å². The smallest absolute Gasteiger partial charge is 0.0399 e. The molecule has 0 saturated carbocycles. The SMILES string of the molecule is C=CC(=C)C(=C)CCN1CCc2ccccc21. The minimum Gasteiger partial charge on any atom is -0.371 e. The Hall–Kier alpha value is -1.76. The lowest BCUT2D eigenvalue weighted by Crippen LogP contribution is -2.22. The molecule has 88 valence electrons. The molecule has 1 aliphatic rings. The summed E-state index contributed by atoms with van der Waals surface area (Å²) in [5.41, 5.74) is 4.88. The zero-order valence-corrected chi connectivity index (χ0v) is 10.3. The predicted molar refractivity (Wildman–Crippen MR) is 75.5 cm³/mol. The van der Waals surface area contributed by atoms with Crippen LogP contribution in [-0.2, 0) is 6.42 Å². The minimum atomic E-state index is 0.956. The standard InChI is InChI=1S/C16H19N/c1-4-13(2)14(3)9-11-17-12-10-15-7-5-6-8-16(15)17/h4-8H,1-3,9-12H2. The van der Waals surface area contributed by atoms with E-state index in [0.29, 0.717) is 0 Å². The Morgan fingerprint density at radius 2 is 2.06 bits per heavy atom. The van der Waals surface area contributed by atoms with Crippen molar-refractivity contribution in [1.82, 2.24) is 0 Å². The van der Waals surface area contributed by atoms with Crippen LogP contribution in [0.4, 0.5) is 5.69 Å². The molecule has 0 radical (unpaired) electrons. The third-order valence-corrected chi connectivity index (χ3v) is 3.37. The molecule has 0 saturated heterocycles. The van der Waals surface area contributed by atoms with E-state index in [9.17, 15) is 0 Å². The van der Waals surface area contributed by atoms with E-state index in [1.54, 1.807) is 6.08 Å². The molecule has 0 fully saturated rings. The van der Waals surface area contributed by atoms with Crippen LogP contribution < -0.4 is 4.90 Å². The van der Waals surface area contributed by atoms with Crippen molar-refractivity contribution in [3.8, 4) is 0 Å². The van der Waals surface area contributed by atoms with Crippen LogP contribution in [0.3, 0.4) is 0 Å². The Morgan fingerprint density at radius 3 is 2.82 bits per heavy atom. The van der Waals surface area contributed by atoms with Crippen LogP contribution >= 0.6 is 0 Å². The Kier molecular flexibility index (Phi) is 3.48. The number of hydrogen-bond acceptors (Lipinski definition) is 1. The number of hydrogen-bond donors (Lipinski definition) is 0. The first-order valence-electron chi connectivity index (χ1n) is 6.04. The van der Waals surface area contributed by atoms with E-state index in [1.807, 2.05) is 0 Å². The van der Waals surface area contributed by atoms with Crippen molar-refractivity contribution in [1.29, 1.82) is 0 Å². The second-order valence-corrected chi connectivity index (χ2v) is 4.45. The maximum Gasteiger partial charge on any atom is 0.0399 e. The van der Waals surface area contributed by atoms with Crippen molar-refractivity contribution < 1.29 is 0 Å². The van der Waals surface area contributed by atoms with Gasteiger partial charge in [-0.2, -0.15) is 0 Å². The molecule has 2 rings (SSSR count). The Balaban J connectivity index is 1.96. The lowest BCUT2D eigenvalue weighted by atomic mass is 10.1. The predicted octanol–water partition coefficient (Wildman–Crippen LogP) is 3.74. The molecule has 1 heterocycles. The number of nitrogens with zero attached hydrogens (tertiary/aromatic N) is 1. The van der Waals surface area contributed by atoms with Gasteiger partial charge >= 0.3 is 0 Å². The molecule has 1 aromatic rings. The fourth-order valence-corrected chi connectivity index (χ4v) is 2.21. The number of allylic oxidation sites excluding steroid dienone is 2. The van der Waals surface area contributed by atoms with Crippen LogP contribution in [0.5, 0.6) is 0 Å². The highest BCUT2D eigenvalue weighted by atomic mass is 15.1. The second-order valence-electron chi connectivity index (χ2n) is 4.45. The van der Waals surface area contributed by atoms with Crippen molar-refractivity contribution in [2.45, 2.75) is 12.8 Å². The number of anilines is 1. The van der Waals surface area contributed by atoms with E-state index < -0.39 is 0 Å². The third kappa shape index (κ3) is 2.50. The van der Waals surface area contributed by atoms with Gasteiger partial charge in [0.15, 0.2) is 0 Å². The normalized spacial score (nSPS) is 13.3. The highest BCUT2D eigenvalue weighted by Crippen LogP contribution is 2.28. The van der Waals surface area contributed by atoms with Crippen molar-refractivity contribution in [2.75, 3.05) is 18.0 Å². The van der Waals surface area contributed by atoms with Crippen LogP contribution in [0.2, 0.25) is 0 Å². The molecule has 0 atom stereocenters. The molecular formula is C16H19N. The van der Waals surface area contributed by atoms with E-state index >= 15 is 0 Å².